The monoisotopic (exact) mass is 383 g/mol. The van der Waals surface area contributed by atoms with Crippen molar-refractivity contribution >= 4 is 11.9 Å². The molecule has 27 heavy (non-hydrogen) atoms. The number of hydrogen-bond donors (Lipinski definition) is 1. The van der Waals surface area contributed by atoms with Crippen molar-refractivity contribution in [3.8, 4) is 0 Å². The third-order valence-corrected chi connectivity index (χ3v) is 4.86. The van der Waals surface area contributed by atoms with Crippen molar-refractivity contribution in [3.05, 3.63) is 0 Å². The van der Waals surface area contributed by atoms with Gasteiger partial charge in [-0.2, -0.15) is 0 Å². The van der Waals surface area contributed by atoms with Crippen molar-refractivity contribution in [2.75, 3.05) is 0 Å². The highest BCUT2D eigenvalue weighted by Gasteiger charge is 2.39. The van der Waals surface area contributed by atoms with Crippen LogP contribution in [-0.2, 0) is 19.1 Å². The van der Waals surface area contributed by atoms with E-state index in [0.717, 1.165) is 25.7 Å². The van der Waals surface area contributed by atoms with Crippen molar-refractivity contribution < 1.29 is 19.1 Å². The lowest BCUT2D eigenvalue weighted by Crippen LogP contribution is -2.43. The topological polar surface area (TPSA) is 78.6 Å². The lowest BCUT2D eigenvalue weighted by molar-refractivity contribution is -0.173. The Morgan fingerprint density at radius 3 is 2.00 bits per heavy atom. The van der Waals surface area contributed by atoms with Crippen LogP contribution < -0.4 is 5.73 Å². The van der Waals surface area contributed by atoms with Gasteiger partial charge in [0.15, 0.2) is 0 Å². The SMILES string of the molecule is CC(CC(=O)OC1CCCC1OC(=O)C(C)(C)CC(C)(C)N)CC(C)(C)C. The van der Waals surface area contributed by atoms with Gasteiger partial charge < -0.3 is 15.2 Å². The summed E-state index contributed by atoms with van der Waals surface area (Å²) in [6.45, 7) is 16.1. The predicted molar refractivity (Wildman–Crippen MR) is 108 cm³/mol. The van der Waals surface area contributed by atoms with Crippen molar-refractivity contribution in [3.63, 3.8) is 0 Å². The van der Waals surface area contributed by atoms with E-state index in [1.54, 1.807) is 0 Å². The van der Waals surface area contributed by atoms with Gasteiger partial charge in [-0.05, 0) is 71.1 Å². The molecule has 1 saturated carbocycles. The van der Waals surface area contributed by atoms with Gasteiger partial charge in [0.2, 0.25) is 0 Å². The predicted octanol–water partition coefficient (Wildman–Crippen LogP) is 4.61. The lowest BCUT2D eigenvalue weighted by Gasteiger charge is -2.32. The summed E-state index contributed by atoms with van der Waals surface area (Å²) in [5.41, 5.74) is 5.14. The zero-order chi connectivity index (χ0) is 21.0. The van der Waals surface area contributed by atoms with E-state index in [2.05, 4.69) is 27.7 Å². The van der Waals surface area contributed by atoms with Gasteiger partial charge in [-0.3, -0.25) is 9.59 Å². The average Bonchev–Trinajstić information content (AvgIpc) is 2.80. The van der Waals surface area contributed by atoms with Gasteiger partial charge in [0.1, 0.15) is 12.2 Å². The van der Waals surface area contributed by atoms with Gasteiger partial charge in [-0.15, -0.1) is 0 Å². The van der Waals surface area contributed by atoms with Crippen molar-refractivity contribution in [1.82, 2.24) is 0 Å². The molecule has 0 bridgehead atoms. The zero-order valence-corrected chi connectivity index (χ0v) is 18.7. The van der Waals surface area contributed by atoms with Gasteiger partial charge in [-0.25, -0.2) is 0 Å². The Labute approximate surface area is 165 Å². The molecule has 1 rings (SSSR count). The van der Waals surface area contributed by atoms with E-state index in [4.69, 9.17) is 15.2 Å². The van der Waals surface area contributed by atoms with Crippen LogP contribution in [0.15, 0.2) is 0 Å². The molecule has 0 amide bonds. The normalized spacial score (nSPS) is 22.4. The van der Waals surface area contributed by atoms with Crippen LogP contribution in [0.25, 0.3) is 0 Å². The van der Waals surface area contributed by atoms with E-state index >= 15 is 0 Å². The lowest BCUT2D eigenvalue weighted by atomic mass is 9.80. The minimum absolute atomic E-state index is 0.188. The molecule has 0 aromatic heterocycles. The quantitative estimate of drug-likeness (QED) is 0.619. The Morgan fingerprint density at radius 1 is 1.00 bits per heavy atom. The number of rotatable bonds is 8. The zero-order valence-electron chi connectivity index (χ0n) is 18.7. The van der Waals surface area contributed by atoms with E-state index in [-0.39, 0.29) is 35.5 Å². The molecule has 0 aromatic rings. The summed E-state index contributed by atoms with van der Waals surface area (Å²) in [6, 6.07) is 0. The van der Waals surface area contributed by atoms with E-state index < -0.39 is 11.0 Å². The molecule has 0 saturated heterocycles. The summed E-state index contributed by atoms with van der Waals surface area (Å²) in [7, 11) is 0. The van der Waals surface area contributed by atoms with Crippen LogP contribution in [0.3, 0.4) is 0 Å². The smallest absolute Gasteiger partial charge is 0.311 e. The first-order chi connectivity index (χ1) is 12.1. The number of esters is 2. The molecule has 0 radical (unpaired) electrons. The summed E-state index contributed by atoms with van der Waals surface area (Å²) >= 11 is 0. The van der Waals surface area contributed by atoms with Crippen LogP contribution in [-0.4, -0.2) is 29.7 Å². The van der Waals surface area contributed by atoms with Crippen LogP contribution in [0, 0.1) is 16.7 Å². The van der Waals surface area contributed by atoms with E-state index in [1.165, 1.54) is 0 Å². The molecule has 3 atom stereocenters. The molecule has 0 heterocycles. The number of carbonyl (C=O) groups excluding carboxylic acids is 2. The first-order valence-electron chi connectivity index (χ1n) is 10.3. The van der Waals surface area contributed by atoms with E-state index in [9.17, 15) is 9.59 Å². The maximum absolute atomic E-state index is 12.6. The summed E-state index contributed by atoms with van der Waals surface area (Å²) in [5.74, 6) is -0.192. The number of hydrogen-bond acceptors (Lipinski definition) is 5. The van der Waals surface area contributed by atoms with Crippen LogP contribution >= 0.6 is 0 Å². The fourth-order valence-corrected chi connectivity index (χ4v) is 4.29. The Kier molecular flexibility index (Phi) is 7.92. The first kappa shape index (κ1) is 23.9. The molecule has 1 aliphatic carbocycles. The summed E-state index contributed by atoms with van der Waals surface area (Å²) in [6.07, 6.45) is 3.61. The fourth-order valence-electron chi connectivity index (χ4n) is 4.29. The molecule has 3 unspecified atom stereocenters. The maximum Gasteiger partial charge on any atom is 0.311 e. The molecule has 0 spiro atoms. The molecule has 1 aliphatic rings. The van der Waals surface area contributed by atoms with Crippen LogP contribution in [0.1, 0.15) is 93.9 Å². The van der Waals surface area contributed by atoms with Crippen molar-refractivity contribution in [2.24, 2.45) is 22.5 Å². The minimum atomic E-state index is -0.670. The Bertz CT molecular complexity index is 513. The van der Waals surface area contributed by atoms with E-state index in [1.807, 2.05) is 27.7 Å². The molecular formula is C22H41NO4. The molecule has 5 nitrogen and oxygen atoms in total. The minimum Gasteiger partial charge on any atom is -0.458 e. The molecule has 2 N–H and O–H groups in total. The number of nitrogens with two attached hydrogens (primary N) is 1. The Morgan fingerprint density at radius 2 is 1.52 bits per heavy atom. The summed E-state index contributed by atoms with van der Waals surface area (Å²) in [5, 5.41) is 0. The number of ether oxygens (including phenoxy) is 2. The maximum atomic E-state index is 12.6. The standard InChI is InChI=1S/C22H41NO4/c1-15(13-20(2,3)4)12-18(24)26-16-10-9-11-17(16)27-19(25)21(5,6)14-22(7,8)23/h15-17H,9-14,23H2,1-8H3. The molecule has 0 aliphatic heterocycles. The van der Waals surface area contributed by atoms with Gasteiger partial charge in [0, 0.05) is 12.0 Å². The van der Waals surface area contributed by atoms with Crippen LogP contribution in [0.2, 0.25) is 0 Å². The van der Waals surface area contributed by atoms with Crippen molar-refractivity contribution in [2.45, 2.75) is 112 Å². The number of carbonyl (C=O) groups is 2. The summed E-state index contributed by atoms with van der Waals surface area (Å²) in [4.78, 5) is 25.0. The van der Waals surface area contributed by atoms with Gasteiger partial charge in [0.25, 0.3) is 0 Å². The average molecular weight is 384 g/mol. The first-order valence-corrected chi connectivity index (χ1v) is 10.3. The van der Waals surface area contributed by atoms with E-state index in [0.29, 0.717) is 12.8 Å². The molecule has 1 fully saturated rings. The summed E-state index contributed by atoms with van der Waals surface area (Å²) < 4.78 is 11.4. The van der Waals surface area contributed by atoms with Crippen LogP contribution in [0.5, 0.6) is 0 Å². The second-order valence-corrected chi connectivity index (χ2v) is 11.0. The van der Waals surface area contributed by atoms with Gasteiger partial charge in [0.05, 0.1) is 5.41 Å². The van der Waals surface area contributed by atoms with Gasteiger partial charge in [-0.1, -0.05) is 27.7 Å². The third kappa shape index (κ3) is 9.09. The highest BCUT2D eigenvalue weighted by molar-refractivity contribution is 5.76. The van der Waals surface area contributed by atoms with Gasteiger partial charge >= 0.3 is 11.9 Å². The molecule has 0 aromatic carbocycles. The third-order valence-electron chi connectivity index (χ3n) is 4.86. The van der Waals surface area contributed by atoms with Crippen molar-refractivity contribution in [1.29, 1.82) is 0 Å². The Balaban J connectivity index is 2.58. The second kappa shape index (κ2) is 8.93. The highest BCUT2D eigenvalue weighted by atomic mass is 16.6. The molecule has 158 valence electrons. The Hall–Kier alpha value is -1.10. The molecule has 5 heteroatoms. The fraction of sp³-hybridized carbons (Fsp3) is 0.909. The molecular weight excluding hydrogens is 342 g/mol. The highest BCUT2D eigenvalue weighted by Crippen LogP contribution is 2.33. The largest absolute Gasteiger partial charge is 0.458 e. The second-order valence-electron chi connectivity index (χ2n) is 11.0. The van der Waals surface area contributed by atoms with Crippen LogP contribution in [0.4, 0.5) is 0 Å².